The molecule has 4 nitrogen and oxygen atoms in total. The monoisotopic (exact) mass is 407 g/mol. The topological polar surface area (TPSA) is 44.4 Å². The number of halogens is 3. The van der Waals surface area contributed by atoms with E-state index in [4.69, 9.17) is 23.2 Å². The van der Waals surface area contributed by atoms with E-state index < -0.39 is 0 Å². The van der Waals surface area contributed by atoms with Gasteiger partial charge >= 0.3 is 0 Å². The van der Waals surface area contributed by atoms with Crippen LogP contribution in [0.1, 0.15) is 16.1 Å². The van der Waals surface area contributed by atoms with Crippen LogP contribution < -0.4 is 10.6 Å². The van der Waals surface area contributed by atoms with Gasteiger partial charge in [0.2, 0.25) is 0 Å². The molecule has 2 aromatic rings. The first-order valence-corrected chi connectivity index (χ1v) is 9.31. The quantitative estimate of drug-likeness (QED) is 0.742. The second-order valence-electron chi connectivity index (χ2n) is 5.59. The Hall–Kier alpha value is -0.560. The van der Waals surface area contributed by atoms with Crippen LogP contribution in [0.4, 0.5) is 0 Å². The van der Waals surface area contributed by atoms with Crippen molar-refractivity contribution >= 4 is 62.9 Å². The number of carbonyl (C=O) groups excluding carboxylic acids is 1. The second kappa shape index (κ2) is 9.22. The van der Waals surface area contributed by atoms with Gasteiger partial charge in [0.15, 0.2) is 0 Å². The molecule has 24 heavy (non-hydrogen) atoms. The molecule has 0 saturated carbocycles. The summed E-state index contributed by atoms with van der Waals surface area (Å²) in [5.74, 6) is -0.104. The Kier molecular flexibility index (Phi) is 7.60. The number of hydrogen-bond donors (Lipinski definition) is 2. The Bertz CT molecular complexity index is 701. The lowest BCUT2D eigenvalue weighted by Crippen LogP contribution is -2.44. The Labute approximate surface area is 161 Å². The van der Waals surface area contributed by atoms with Crippen molar-refractivity contribution in [2.24, 2.45) is 0 Å². The first-order chi connectivity index (χ1) is 11.1. The van der Waals surface area contributed by atoms with Crippen LogP contribution in [0.15, 0.2) is 18.2 Å². The number of benzene rings is 1. The van der Waals surface area contributed by atoms with Crippen LogP contribution in [0.2, 0.25) is 10.0 Å². The summed E-state index contributed by atoms with van der Waals surface area (Å²) in [6, 6.07) is 5.49. The van der Waals surface area contributed by atoms with Gasteiger partial charge in [-0.15, -0.1) is 23.7 Å². The van der Waals surface area contributed by atoms with E-state index in [1.54, 1.807) is 6.07 Å². The highest BCUT2D eigenvalue weighted by molar-refractivity contribution is 7.21. The van der Waals surface area contributed by atoms with Crippen molar-refractivity contribution in [3.05, 3.63) is 33.1 Å². The van der Waals surface area contributed by atoms with Gasteiger partial charge in [-0.05, 0) is 25.1 Å². The van der Waals surface area contributed by atoms with Crippen LogP contribution in [0, 0.1) is 0 Å². The molecule has 8 heteroatoms. The van der Waals surface area contributed by atoms with Gasteiger partial charge in [-0.3, -0.25) is 4.79 Å². The number of carbonyl (C=O) groups is 1. The van der Waals surface area contributed by atoms with Crippen molar-refractivity contribution in [3.8, 4) is 0 Å². The third-order valence-corrected chi connectivity index (χ3v) is 5.84. The lowest BCUT2D eigenvalue weighted by atomic mass is 10.2. The molecule has 1 aliphatic heterocycles. The molecule has 0 spiro atoms. The summed E-state index contributed by atoms with van der Waals surface area (Å²) in [5, 5.41) is 8.35. The molecule has 0 unspecified atom stereocenters. The first-order valence-electron chi connectivity index (χ1n) is 7.74. The molecule has 0 bridgehead atoms. The summed E-state index contributed by atoms with van der Waals surface area (Å²) in [5.41, 5.74) is 0. The van der Waals surface area contributed by atoms with Crippen molar-refractivity contribution in [2.45, 2.75) is 6.42 Å². The SMILES string of the molecule is Cl.O=C(NCCCN1CCNCC1)c1sc2cc(Cl)ccc2c1Cl. The third kappa shape index (κ3) is 4.75. The molecule has 1 saturated heterocycles. The van der Waals surface area contributed by atoms with Gasteiger partial charge < -0.3 is 15.5 Å². The van der Waals surface area contributed by atoms with E-state index in [0.29, 0.717) is 21.5 Å². The highest BCUT2D eigenvalue weighted by atomic mass is 35.5. The van der Waals surface area contributed by atoms with Crippen LogP contribution >= 0.6 is 46.9 Å². The van der Waals surface area contributed by atoms with E-state index in [0.717, 1.165) is 49.2 Å². The summed E-state index contributed by atoms with van der Waals surface area (Å²) in [4.78, 5) is 15.3. The number of fused-ring (bicyclic) bond motifs is 1. The molecule has 1 fully saturated rings. The molecule has 2 N–H and O–H groups in total. The maximum absolute atomic E-state index is 12.3. The van der Waals surface area contributed by atoms with E-state index in [2.05, 4.69) is 15.5 Å². The van der Waals surface area contributed by atoms with Crippen LogP contribution in [-0.2, 0) is 0 Å². The fourth-order valence-corrected chi connectivity index (χ4v) is 4.41. The van der Waals surface area contributed by atoms with Crippen LogP contribution in [0.25, 0.3) is 10.1 Å². The summed E-state index contributed by atoms with van der Waals surface area (Å²) in [6.07, 6.45) is 0.945. The number of nitrogens with zero attached hydrogens (tertiary/aromatic N) is 1. The standard InChI is InChI=1S/C16H19Cl2N3OS.ClH/c17-11-2-3-12-13(10-11)23-15(14(12)18)16(22)20-4-1-7-21-8-5-19-6-9-21;/h2-3,10,19H,1,4-9H2,(H,20,22);1H. The third-order valence-electron chi connectivity index (χ3n) is 3.94. The van der Waals surface area contributed by atoms with E-state index >= 15 is 0 Å². The van der Waals surface area contributed by atoms with Gasteiger partial charge in [-0.2, -0.15) is 0 Å². The summed E-state index contributed by atoms with van der Waals surface area (Å²) in [7, 11) is 0. The maximum Gasteiger partial charge on any atom is 0.262 e. The fraction of sp³-hybridized carbons (Fsp3) is 0.438. The molecule has 0 atom stereocenters. The second-order valence-corrected chi connectivity index (χ2v) is 7.45. The van der Waals surface area contributed by atoms with Crippen LogP contribution in [0.3, 0.4) is 0 Å². The smallest absolute Gasteiger partial charge is 0.262 e. The Balaban J connectivity index is 0.00000208. The number of hydrogen-bond acceptors (Lipinski definition) is 4. The summed E-state index contributed by atoms with van der Waals surface area (Å²) in [6.45, 7) is 5.93. The van der Waals surface area contributed by atoms with Gasteiger partial charge in [0.1, 0.15) is 4.88 Å². The zero-order valence-corrected chi connectivity index (χ0v) is 16.3. The zero-order chi connectivity index (χ0) is 16.2. The predicted molar refractivity (Wildman–Crippen MR) is 105 cm³/mol. The van der Waals surface area contributed by atoms with Gasteiger partial charge in [0.25, 0.3) is 5.91 Å². The minimum Gasteiger partial charge on any atom is -0.351 e. The molecule has 3 rings (SSSR count). The molecular weight excluding hydrogens is 389 g/mol. The Morgan fingerprint density at radius 2 is 2.04 bits per heavy atom. The minimum atomic E-state index is -0.104. The minimum absolute atomic E-state index is 0. The lowest BCUT2D eigenvalue weighted by molar-refractivity contribution is 0.0955. The molecule has 0 radical (unpaired) electrons. The number of nitrogens with one attached hydrogen (secondary N) is 2. The molecule has 132 valence electrons. The summed E-state index contributed by atoms with van der Waals surface area (Å²) >= 11 is 13.7. The number of amides is 1. The number of thiophene rings is 1. The molecule has 0 aliphatic carbocycles. The van der Waals surface area contributed by atoms with Crippen molar-refractivity contribution in [2.75, 3.05) is 39.3 Å². The molecular formula is C16H20Cl3N3OS. The highest BCUT2D eigenvalue weighted by Gasteiger charge is 2.17. The molecule has 1 aromatic heterocycles. The van der Waals surface area contributed by atoms with Crippen LogP contribution in [0.5, 0.6) is 0 Å². The van der Waals surface area contributed by atoms with E-state index in [-0.39, 0.29) is 18.3 Å². The largest absolute Gasteiger partial charge is 0.351 e. The van der Waals surface area contributed by atoms with E-state index in [9.17, 15) is 4.79 Å². The van der Waals surface area contributed by atoms with Crippen molar-refractivity contribution in [3.63, 3.8) is 0 Å². The maximum atomic E-state index is 12.3. The van der Waals surface area contributed by atoms with Crippen LogP contribution in [-0.4, -0.2) is 50.1 Å². The Morgan fingerprint density at radius 3 is 2.79 bits per heavy atom. The molecule has 1 aliphatic rings. The van der Waals surface area contributed by atoms with Gasteiger partial charge in [-0.1, -0.05) is 29.3 Å². The van der Waals surface area contributed by atoms with E-state index in [1.807, 2.05) is 12.1 Å². The van der Waals surface area contributed by atoms with E-state index in [1.165, 1.54) is 11.3 Å². The zero-order valence-electron chi connectivity index (χ0n) is 13.1. The van der Waals surface area contributed by atoms with Gasteiger partial charge in [0, 0.05) is 47.8 Å². The normalized spacial score (nSPS) is 15.2. The first kappa shape index (κ1) is 19.8. The van der Waals surface area contributed by atoms with Crippen molar-refractivity contribution in [1.82, 2.24) is 15.5 Å². The lowest BCUT2D eigenvalue weighted by Gasteiger charge is -2.27. The van der Waals surface area contributed by atoms with Crippen molar-refractivity contribution in [1.29, 1.82) is 0 Å². The Morgan fingerprint density at radius 1 is 1.29 bits per heavy atom. The average Bonchev–Trinajstić information content (AvgIpc) is 2.88. The van der Waals surface area contributed by atoms with Gasteiger partial charge in [0.05, 0.1) is 5.02 Å². The molecule has 2 heterocycles. The van der Waals surface area contributed by atoms with Crippen molar-refractivity contribution < 1.29 is 4.79 Å². The summed E-state index contributed by atoms with van der Waals surface area (Å²) < 4.78 is 0.938. The molecule has 1 aromatic carbocycles. The van der Waals surface area contributed by atoms with Gasteiger partial charge in [-0.25, -0.2) is 0 Å². The average molecular weight is 409 g/mol. The highest BCUT2D eigenvalue weighted by Crippen LogP contribution is 2.36. The molecule has 1 amide bonds. The predicted octanol–water partition coefficient (Wildman–Crippen LogP) is 3.66. The number of rotatable bonds is 5. The number of piperazine rings is 1. The fourth-order valence-electron chi connectivity index (χ4n) is 2.70.